The molecule has 1 aliphatic carbocycles. The zero-order chi connectivity index (χ0) is 16.8. The van der Waals surface area contributed by atoms with Gasteiger partial charge in [0.05, 0.1) is 29.9 Å². The number of fused-ring (bicyclic) bond motifs is 1. The van der Waals surface area contributed by atoms with Gasteiger partial charge in [-0.25, -0.2) is 9.67 Å². The Bertz CT molecular complexity index is 889. The second-order valence-corrected chi connectivity index (χ2v) is 7.40. The molecule has 0 saturated heterocycles. The third-order valence-corrected chi connectivity index (χ3v) is 5.43. The fourth-order valence-corrected chi connectivity index (χ4v) is 4.05. The minimum atomic E-state index is 0.470. The van der Waals surface area contributed by atoms with Crippen LogP contribution in [0.2, 0.25) is 0 Å². The van der Waals surface area contributed by atoms with Gasteiger partial charge in [-0.1, -0.05) is 12.1 Å². The van der Waals surface area contributed by atoms with Crippen LogP contribution in [0.4, 0.5) is 0 Å². The monoisotopic (exact) mass is 333 g/mol. The summed E-state index contributed by atoms with van der Waals surface area (Å²) in [7, 11) is 0. The summed E-state index contributed by atoms with van der Waals surface area (Å²) in [4.78, 5) is 10.6. The Balaban J connectivity index is 1.39. The molecule has 0 bridgehead atoms. The van der Waals surface area contributed by atoms with E-state index in [1.165, 1.54) is 35.4 Å². The molecular formula is C20H23N5. The zero-order valence-electron chi connectivity index (χ0n) is 14.5. The van der Waals surface area contributed by atoms with Crippen molar-refractivity contribution in [3.8, 4) is 5.69 Å². The lowest BCUT2D eigenvalue weighted by Gasteiger charge is -2.34. The summed E-state index contributed by atoms with van der Waals surface area (Å²) in [6, 6.07) is 8.94. The number of imidazole rings is 1. The molecule has 25 heavy (non-hydrogen) atoms. The summed E-state index contributed by atoms with van der Waals surface area (Å²) in [6.45, 7) is 4.15. The van der Waals surface area contributed by atoms with Gasteiger partial charge in [0.2, 0.25) is 0 Å². The van der Waals surface area contributed by atoms with Crippen LogP contribution in [-0.2, 0) is 13.0 Å². The second kappa shape index (κ2) is 5.85. The van der Waals surface area contributed by atoms with E-state index in [2.05, 4.69) is 57.4 Å². The first kappa shape index (κ1) is 14.9. The second-order valence-electron chi connectivity index (χ2n) is 7.40. The molecule has 0 radical (unpaired) electrons. The Morgan fingerprint density at radius 3 is 3.04 bits per heavy atom. The Morgan fingerprint density at radius 2 is 2.20 bits per heavy atom. The van der Waals surface area contributed by atoms with Crippen LogP contribution < -0.4 is 0 Å². The number of hydrogen-bond acceptors (Lipinski definition) is 3. The van der Waals surface area contributed by atoms with E-state index in [1.807, 2.05) is 17.2 Å². The molecule has 0 spiro atoms. The number of nitrogens with zero attached hydrogens (tertiary/aromatic N) is 4. The van der Waals surface area contributed by atoms with Crippen LogP contribution in [0.15, 0.2) is 43.0 Å². The van der Waals surface area contributed by atoms with Crippen LogP contribution >= 0.6 is 0 Å². The van der Waals surface area contributed by atoms with Crippen LogP contribution in [-0.4, -0.2) is 31.2 Å². The summed E-state index contributed by atoms with van der Waals surface area (Å²) in [6.07, 6.45) is 9.75. The first-order valence-electron chi connectivity index (χ1n) is 9.15. The lowest BCUT2D eigenvalue weighted by atomic mass is 9.98. The molecule has 2 aliphatic rings. The normalized spacial score (nSPS) is 20.6. The number of H-pyrrole nitrogens is 1. The largest absolute Gasteiger partial charge is 0.348 e. The predicted molar refractivity (Wildman–Crippen MR) is 96.5 cm³/mol. The van der Waals surface area contributed by atoms with E-state index in [0.29, 0.717) is 6.04 Å². The van der Waals surface area contributed by atoms with Crippen molar-refractivity contribution >= 4 is 0 Å². The van der Waals surface area contributed by atoms with Crippen LogP contribution in [0.3, 0.4) is 0 Å². The summed E-state index contributed by atoms with van der Waals surface area (Å²) < 4.78 is 1.98. The molecule has 0 amide bonds. The van der Waals surface area contributed by atoms with Crippen molar-refractivity contribution < 1.29 is 0 Å². The van der Waals surface area contributed by atoms with Crippen LogP contribution in [0.25, 0.3) is 5.69 Å². The van der Waals surface area contributed by atoms with Gasteiger partial charge in [0.15, 0.2) is 0 Å². The maximum atomic E-state index is 4.64. The molecule has 3 heterocycles. The number of aromatic amines is 1. The quantitative estimate of drug-likeness (QED) is 0.796. The highest BCUT2D eigenvalue weighted by Gasteiger charge is 2.40. The summed E-state index contributed by atoms with van der Waals surface area (Å²) in [5, 5.41) is 4.58. The highest BCUT2D eigenvalue weighted by atomic mass is 15.3. The fraction of sp³-hybridized carbons (Fsp3) is 0.400. The molecule has 1 aliphatic heterocycles. The van der Waals surface area contributed by atoms with E-state index in [1.54, 1.807) is 0 Å². The van der Waals surface area contributed by atoms with Gasteiger partial charge in [0, 0.05) is 37.0 Å². The minimum Gasteiger partial charge on any atom is -0.348 e. The van der Waals surface area contributed by atoms with Crippen molar-refractivity contribution in [2.45, 2.75) is 38.8 Å². The fourth-order valence-electron chi connectivity index (χ4n) is 4.05. The lowest BCUT2D eigenvalue weighted by Crippen LogP contribution is -2.36. The van der Waals surface area contributed by atoms with E-state index in [4.69, 9.17) is 0 Å². The topological polar surface area (TPSA) is 49.7 Å². The van der Waals surface area contributed by atoms with E-state index < -0.39 is 0 Å². The van der Waals surface area contributed by atoms with Gasteiger partial charge in [0.25, 0.3) is 0 Å². The molecule has 5 heteroatoms. The van der Waals surface area contributed by atoms with Gasteiger partial charge in [0.1, 0.15) is 0 Å². The Kier molecular flexibility index (Phi) is 3.48. The molecule has 1 unspecified atom stereocenters. The smallest absolute Gasteiger partial charge is 0.0925 e. The van der Waals surface area contributed by atoms with Crippen molar-refractivity contribution in [3.63, 3.8) is 0 Å². The molecule has 5 nitrogen and oxygen atoms in total. The van der Waals surface area contributed by atoms with Crippen LogP contribution in [0, 0.1) is 12.8 Å². The minimum absolute atomic E-state index is 0.470. The number of benzene rings is 1. The third-order valence-electron chi connectivity index (χ3n) is 5.43. The number of rotatable bonds is 4. The van der Waals surface area contributed by atoms with Gasteiger partial charge < -0.3 is 4.98 Å². The van der Waals surface area contributed by atoms with E-state index >= 15 is 0 Å². The highest BCUT2D eigenvalue weighted by Crippen LogP contribution is 2.46. The first-order valence-corrected chi connectivity index (χ1v) is 9.15. The number of hydrogen-bond donors (Lipinski definition) is 1. The van der Waals surface area contributed by atoms with Crippen molar-refractivity contribution in [3.05, 3.63) is 65.5 Å². The van der Waals surface area contributed by atoms with Crippen molar-refractivity contribution in [2.24, 2.45) is 5.92 Å². The summed E-state index contributed by atoms with van der Waals surface area (Å²) >= 11 is 0. The van der Waals surface area contributed by atoms with E-state index in [-0.39, 0.29) is 0 Å². The van der Waals surface area contributed by atoms with Crippen LogP contribution in [0.1, 0.15) is 41.4 Å². The van der Waals surface area contributed by atoms with Gasteiger partial charge in [-0.3, -0.25) is 4.90 Å². The Hall–Kier alpha value is -2.40. The molecule has 1 saturated carbocycles. The maximum absolute atomic E-state index is 4.64. The van der Waals surface area contributed by atoms with Gasteiger partial charge in [-0.05, 0) is 43.4 Å². The molecule has 1 aromatic carbocycles. The highest BCUT2D eigenvalue weighted by molar-refractivity contribution is 5.35. The summed E-state index contributed by atoms with van der Waals surface area (Å²) in [5.74, 6) is 0.772. The first-order chi connectivity index (χ1) is 12.3. The SMILES string of the molecule is Cc1cccc(-n2cc(CN3CCc4[nH]cnc4C3C3CC3)cn2)c1. The van der Waals surface area contributed by atoms with Gasteiger partial charge >= 0.3 is 0 Å². The van der Waals surface area contributed by atoms with Gasteiger partial charge in [-0.15, -0.1) is 0 Å². The molecule has 128 valence electrons. The van der Waals surface area contributed by atoms with Crippen molar-refractivity contribution in [1.29, 1.82) is 0 Å². The zero-order valence-corrected chi connectivity index (χ0v) is 14.5. The maximum Gasteiger partial charge on any atom is 0.0925 e. The number of nitrogens with one attached hydrogen (secondary N) is 1. The van der Waals surface area contributed by atoms with Crippen molar-refractivity contribution in [2.75, 3.05) is 6.54 Å². The molecular weight excluding hydrogens is 310 g/mol. The Labute approximate surface area is 147 Å². The van der Waals surface area contributed by atoms with E-state index in [9.17, 15) is 0 Å². The molecule has 3 aromatic rings. The molecule has 5 rings (SSSR count). The standard InChI is InChI=1S/C20H23N5/c1-14-3-2-4-17(9-14)25-12-15(10-23-25)11-24-8-7-18-19(22-13-21-18)20(24)16-5-6-16/h2-4,9-10,12-13,16,20H,5-8,11H2,1H3,(H,21,22). The summed E-state index contributed by atoms with van der Waals surface area (Å²) in [5.41, 5.74) is 6.26. The molecule has 1 atom stereocenters. The van der Waals surface area contributed by atoms with Gasteiger partial charge in [-0.2, -0.15) is 5.10 Å². The van der Waals surface area contributed by atoms with Crippen molar-refractivity contribution in [1.82, 2.24) is 24.6 Å². The number of aryl methyl sites for hydroxylation is 1. The third kappa shape index (κ3) is 2.78. The molecule has 2 aromatic heterocycles. The molecule has 1 N–H and O–H groups in total. The lowest BCUT2D eigenvalue weighted by molar-refractivity contribution is 0.152. The average Bonchev–Trinajstić information content (AvgIpc) is 3.15. The average molecular weight is 333 g/mol. The molecule has 1 fully saturated rings. The predicted octanol–water partition coefficient (Wildman–Crippen LogP) is 3.41. The number of aromatic nitrogens is 4. The van der Waals surface area contributed by atoms with E-state index in [0.717, 1.165) is 31.1 Å². The van der Waals surface area contributed by atoms with Crippen LogP contribution in [0.5, 0.6) is 0 Å². The Morgan fingerprint density at radius 1 is 1.28 bits per heavy atom.